The number of nitro benzene ring substituents is 1. The van der Waals surface area contributed by atoms with Crippen molar-refractivity contribution in [2.24, 2.45) is 0 Å². The van der Waals surface area contributed by atoms with E-state index < -0.39 is 0 Å². The second-order valence-electron chi connectivity index (χ2n) is 5.55. The maximum Gasteiger partial charge on any atom is 0.301 e. The minimum absolute atomic E-state index is 0.142. The molecule has 1 saturated heterocycles. The molecule has 0 N–H and O–H groups in total. The van der Waals surface area contributed by atoms with Gasteiger partial charge < -0.3 is 9.80 Å². The second kappa shape index (κ2) is 6.04. The highest BCUT2D eigenvalue weighted by Crippen LogP contribution is 2.35. The molecule has 0 unspecified atom stereocenters. The maximum absolute atomic E-state index is 11.7. The van der Waals surface area contributed by atoms with Crippen LogP contribution in [0.2, 0.25) is 0 Å². The maximum atomic E-state index is 11.7. The molecule has 1 fully saturated rings. The molecule has 0 bridgehead atoms. The Bertz CT molecular complexity index is 875. The van der Waals surface area contributed by atoms with Gasteiger partial charge in [-0.3, -0.25) is 15.1 Å². The first-order valence-corrected chi connectivity index (χ1v) is 8.53. The monoisotopic (exact) mass is 341 g/mol. The first-order chi connectivity index (χ1) is 11.7. The summed E-state index contributed by atoms with van der Waals surface area (Å²) in [7, 11) is 0. The lowest BCUT2D eigenvalue weighted by Crippen LogP contribution is -2.46. The Morgan fingerprint density at radius 2 is 1.83 bits per heavy atom. The molecule has 7 nitrogen and oxygen atoms in total. The van der Waals surface area contributed by atoms with Crippen LogP contribution < -0.4 is 9.80 Å². The van der Waals surface area contributed by atoms with Gasteiger partial charge >= 0.3 is 5.69 Å². The lowest BCUT2D eigenvalue weighted by atomic mass is 10.1. The summed E-state index contributed by atoms with van der Waals surface area (Å²) in [5.74, 6) is 0. The number of benzene rings is 1. The third-order valence-corrected chi connectivity index (χ3v) is 5.06. The number of hydrogen-bond donors (Lipinski definition) is 0. The molecule has 1 aromatic carbocycles. The average molecular weight is 341 g/mol. The van der Waals surface area contributed by atoms with Crippen molar-refractivity contribution in [1.29, 1.82) is 0 Å². The standard InChI is InChI=1S/C16H15N5O2S/c22-21(23)15-12-2-1-5-17-13(12)3-4-14(15)19-7-9-20(10-8-19)16-18-6-11-24-16/h1-6,11H,7-10H2. The highest BCUT2D eigenvalue weighted by atomic mass is 32.1. The van der Waals surface area contributed by atoms with Crippen LogP contribution in [-0.4, -0.2) is 41.1 Å². The largest absolute Gasteiger partial charge is 0.362 e. The van der Waals surface area contributed by atoms with Crippen LogP contribution in [0.25, 0.3) is 10.9 Å². The van der Waals surface area contributed by atoms with E-state index in [1.807, 2.05) is 17.5 Å². The third-order valence-electron chi connectivity index (χ3n) is 4.23. The summed E-state index contributed by atoms with van der Waals surface area (Å²) in [6, 6.07) is 7.16. The number of hydrogen-bond acceptors (Lipinski definition) is 7. The summed E-state index contributed by atoms with van der Waals surface area (Å²) in [5.41, 5.74) is 1.46. The van der Waals surface area contributed by atoms with Crippen LogP contribution in [0.4, 0.5) is 16.5 Å². The van der Waals surface area contributed by atoms with E-state index >= 15 is 0 Å². The Morgan fingerprint density at radius 3 is 2.54 bits per heavy atom. The lowest BCUT2D eigenvalue weighted by Gasteiger charge is -2.35. The van der Waals surface area contributed by atoms with Crippen LogP contribution in [0, 0.1) is 10.1 Å². The summed E-state index contributed by atoms with van der Waals surface area (Å²) in [4.78, 5) is 24.2. The normalized spacial score (nSPS) is 15.0. The Labute approximate surface area is 142 Å². The zero-order valence-corrected chi connectivity index (χ0v) is 13.6. The van der Waals surface area contributed by atoms with E-state index in [-0.39, 0.29) is 10.6 Å². The van der Waals surface area contributed by atoms with Crippen molar-refractivity contribution in [3.63, 3.8) is 0 Å². The van der Waals surface area contributed by atoms with Crippen molar-refractivity contribution in [3.05, 3.63) is 52.2 Å². The smallest absolute Gasteiger partial charge is 0.301 e. The number of fused-ring (bicyclic) bond motifs is 1. The minimum atomic E-state index is -0.299. The van der Waals surface area contributed by atoms with Gasteiger partial charge in [-0.15, -0.1) is 11.3 Å². The molecule has 8 heteroatoms. The number of rotatable bonds is 3. The van der Waals surface area contributed by atoms with Crippen molar-refractivity contribution < 1.29 is 4.92 Å². The summed E-state index contributed by atoms with van der Waals surface area (Å²) in [6.07, 6.45) is 3.45. The highest BCUT2D eigenvalue weighted by molar-refractivity contribution is 7.13. The van der Waals surface area contributed by atoms with Gasteiger partial charge in [0, 0.05) is 44.0 Å². The molecule has 24 heavy (non-hydrogen) atoms. The van der Waals surface area contributed by atoms with Crippen molar-refractivity contribution in [3.8, 4) is 0 Å². The number of pyridine rings is 1. The van der Waals surface area contributed by atoms with Crippen LogP contribution in [-0.2, 0) is 0 Å². The van der Waals surface area contributed by atoms with E-state index in [9.17, 15) is 10.1 Å². The molecular formula is C16H15N5O2S. The van der Waals surface area contributed by atoms with Crippen molar-refractivity contribution >= 4 is 38.7 Å². The van der Waals surface area contributed by atoms with Gasteiger partial charge in [0.05, 0.1) is 15.8 Å². The van der Waals surface area contributed by atoms with Crippen LogP contribution in [0.1, 0.15) is 0 Å². The molecule has 0 saturated carbocycles. The topological polar surface area (TPSA) is 75.4 Å². The van der Waals surface area contributed by atoms with Crippen molar-refractivity contribution in [2.45, 2.75) is 0 Å². The van der Waals surface area contributed by atoms with Crippen LogP contribution in [0.5, 0.6) is 0 Å². The molecule has 0 atom stereocenters. The molecule has 4 rings (SSSR count). The van der Waals surface area contributed by atoms with Crippen LogP contribution in [0.3, 0.4) is 0 Å². The Balaban J connectivity index is 1.65. The van der Waals surface area contributed by atoms with Crippen molar-refractivity contribution in [2.75, 3.05) is 36.0 Å². The average Bonchev–Trinajstić information content (AvgIpc) is 3.15. The second-order valence-corrected chi connectivity index (χ2v) is 6.42. The van der Waals surface area contributed by atoms with E-state index in [4.69, 9.17) is 0 Å². The number of piperazine rings is 1. The van der Waals surface area contributed by atoms with Crippen LogP contribution >= 0.6 is 11.3 Å². The molecule has 0 aliphatic carbocycles. The van der Waals surface area contributed by atoms with E-state index in [0.29, 0.717) is 16.6 Å². The predicted octanol–water partition coefficient (Wildman–Crippen LogP) is 2.93. The molecule has 2 aromatic heterocycles. The van der Waals surface area contributed by atoms with Gasteiger partial charge in [-0.1, -0.05) is 0 Å². The van der Waals surface area contributed by atoms with Gasteiger partial charge in [-0.2, -0.15) is 0 Å². The van der Waals surface area contributed by atoms with E-state index in [1.165, 1.54) is 0 Å². The number of nitro groups is 1. The Kier molecular flexibility index (Phi) is 3.73. The molecule has 3 heterocycles. The number of nitrogens with zero attached hydrogens (tertiary/aromatic N) is 5. The molecule has 1 aliphatic rings. The SMILES string of the molecule is O=[N+]([O-])c1c(N2CCN(c3nccs3)CC2)ccc2ncccc12. The molecule has 122 valence electrons. The third kappa shape index (κ3) is 2.54. The highest BCUT2D eigenvalue weighted by Gasteiger charge is 2.26. The first-order valence-electron chi connectivity index (χ1n) is 7.65. The molecule has 3 aromatic rings. The molecule has 0 radical (unpaired) electrons. The van der Waals surface area contributed by atoms with Gasteiger partial charge in [0.2, 0.25) is 0 Å². The summed E-state index contributed by atoms with van der Waals surface area (Å²) < 4.78 is 0. The summed E-state index contributed by atoms with van der Waals surface area (Å²) >= 11 is 1.62. The number of anilines is 2. The van der Waals surface area contributed by atoms with Crippen LogP contribution in [0.15, 0.2) is 42.0 Å². The molecule has 0 amide bonds. The Morgan fingerprint density at radius 1 is 1.04 bits per heavy atom. The first kappa shape index (κ1) is 14.8. The summed E-state index contributed by atoms with van der Waals surface area (Å²) in [5, 5.41) is 15.2. The van der Waals surface area contributed by atoms with Gasteiger partial charge in [0.25, 0.3) is 0 Å². The molecular weight excluding hydrogens is 326 g/mol. The Hall–Kier alpha value is -2.74. The minimum Gasteiger partial charge on any atom is -0.362 e. The van der Waals surface area contributed by atoms with Gasteiger partial charge in [0.1, 0.15) is 5.69 Å². The van der Waals surface area contributed by atoms with E-state index in [1.54, 1.807) is 35.9 Å². The predicted molar refractivity (Wildman–Crippen MR) is 94.9 cm³/mol. The van der Waals surface area contributed by atoms with Gasteiger partial charge in [0.15, 0.2) is 5.13 Å². The zero-order chi connectivity index (χ0) is 16.5. The summed E-state index contributed by atoms with van der Waals surface area (Å²) in [6.45, 7) is 3.06. The number of thiazole rings is 1. The fourth-order valence-electron chi connectivity index (χ4n) is 3.08. The lowest BCUT2D eigenvalue weighted by molar-refractivity contribution is -0.382. The molecule has 0 spiro atoms. The van der Waals surface area contributed by atoms with Crippen molar-refractivity contribution in [1.82, 2.24) is 9.97 Å². The fraction of sp³-hybridized carbons (Fsp3) is 0.250. The van der Waals surface area contributed by atoms with Gasteiger partial charge in [-0.05, 0) is 24.3 Å². The van der Waals surface area contributed by atoms with Gasteiger partial charge in [-0.25, -0.2) is 4.98 Å². The fourth-order valence-corrected chi connectivity index (χ4v) is 3.78. The van der Waals surface area contributed by atoms with E-state index in [2.05, 4.69) is 19.8 Å². The van der Waals surface area contributed by atoms with E-state index in [0.717, 1.165) is 31.3 Å². The number of aromatic nitrogens is 2. The zero-order valence-electron chi connectivity index (χ0n) is 12.8. The molecule has 1 aliphatic heterocycles. The quantitative estimate of drug-likeness (QED) is 0.538.